The van der Waals surface area contributed by atoms with Crippen molar-refractivity contribution in [2.45, 2.75) is 26.3 Å². The Hall–Kier alpha value is -1.26. The molecule has 1 atom stereocenters. The Balaban J connectivity index is 2.18. The Labute approximate surface area is 111 Å². The minimum absolute atomic E-state index is 0.172. The first-order valence-electron chi connectivity index (χ1n) is 6.07. The molecule has 0 radical (unpaired) electrons. The van der Waals surface area contributed by atoms with E-state index in [0.29, 0.717) is 0 Å². The monoisotopic (exact) mass is 264 g/mol. The number of thiazole rings is 1. The molecule has 1 aromatic carbocycles. The van der Waals surface area contributed by atoms with E-state index in [1.165, 1.54) is 16.5 Å². The van der Waals surface area contributed by atoms with Crippen LogP contribution in [-0.4, -0.2) is 11.5 Å². The first-order chi connectivity index (χ1) is 8.70. The molecule has 96 valence electrons. The molecule has 0 amide bonds. The second-order valence-electron chi connectivity index (χ2n) is 4.29. The van der Waals surface area contributed by atoms with Gasteiger partial charge >= 0.3 is 0 Å². The molecule has 0 aliphatic carbocycles. The van der Waals surface area contributed by atoms with Gasteiger partial charge in [0.1, 0.15) is 5.82 Å². The highest BCUT2D eigenvalue weighted by Gasteiger charge is 2.14. The van der Waals surface area contributed by atoms with Gasteiger partial charge in [-0.25, -0.2) is 4.39 Å². The molecule has 1 aromatic heterocycles. The van der Waals surface area contributed by atoms with Crippen LogP contribution in [0.25, 0.3) is 0 Å². The Morgan fingerprint density at radius 2 is 2.28 bits per heavy atom. The first kappa shape index (κ1) is 13.2. The zero-order chi connectivity index (χ0) is 13.0. The second kappa shape index (κ2) is 6.07. The van der Waals surface area contributed by atoms with Crippen molar-refractivity contribution in [3.63, 3.8) is 0 Å². The van der Waals surface area contributed by atoms with E-state index in [0.717, 1.165) is 18.5 Å². The molecule has 0 fully saturated rings. The lowest BCUT2D eigenvalue weighted by Gasteiger charge is -2.17. The molecule has 0 spiro atoms. The SMILES string of the molecule is CCNC(Cc1ccc(F)cc1C)c1cncs1. The zero-order valence-corrected chi connectivity index (χ0v) is 11.4. The zero-order valence-electron chi connectivity index (χ0n) is 10.6. The van der Waals surface area contributed by atoms with E-state index in [1.807, 2.05) is 24.7 Å². The van der Waals surface area contributed by atoms with E-state index in [4.69, 9.17) is 0 Å². The first-order valence-corrected chi connectivity index (χ1v) is 6.95. The summed E-state index contributed by atoms with van der Waals surface area (Å²) in [7, 11) is 0. The predicted molar refractivity (Wildman–Crippen MR) is 73.4 cm³/mol. The largest absolute Gasteiger partial charge is 0.309 e. The van der Waals surface area contributed by atoms with Gasteiger partial charge in [0.05, 0.1) is 5.51 Å². The maximum absolute atomic E-state index is 13.1. The summed E-state index contributed by atoms with van der Waals surface area (Å²) in [6.07, 6.45) is 2.76. The molecule has 1 N–H and O–H groups in total. The lowest BCUT2D eigenvalue weighted by Crippen LogP contribution is -2.22. The molecule has 18 heavy (non-hydrogen) atoms. The van der Waals surface area contributed by atoms with Gasteiger partial charge in [-0.1, -0.05) is 13.0 Å². The van der Waals surface area contributed by atoms with Crippen LogP contribution in [0.3, 0.4) is 0 Å². The van der Waals surface area contributed by atoms with Gasteiger partial charge in [0, 0.05) is 17.1 Å². The smallest absolute Gasteiger partial charge is 0.123 e. The summed E-state index contributed by atoms with van der Waals surface area (Å²) < 4.78 is 13.1. The number of hydrogen-bond donors (Lipinski definition) is 1. The number of aromatic nitrogens is 1. The van der Waals surface area contributed by atoms with E-state index in [9.17, 15) is 4.39 Å². The summed E-state index contributed by atoms with van der Waals surface area (Å²) in [6, 6.07) is 5.24. The van der Waals surface area contributed by atoms with Gasteiger partial charge in [0.2, 0.25) is 0 Å². The van der Waals surface area contributed by atoms with Crippen LogP contribution in [-0.2, 0) is 6.42 Å². The van der Waals surface area contributed by atoms with Crippen LogP contribution >= 0.6 is 11.3 Å². The molecule has 0 aliphatic rings. The quantitative estimate of drug-likeness (QED) is 0.894. The highest BCUT2D eigenvalue weighted by Crippen LogP contribution is 2.23. The molecular formula is C14H17FN2S. The number of halogens is 1. The average Bonchev–Trinajstić information content (AvgIpc) is 2.85. The molecule has 2 nitrogen and oxygen atoms in total. The molecule has 0 saturated carbocycles. The van der Waals surface area contributed by atoms with Gasteiger partial charge < -0.3 is 5.32 Å². The van der Waals surface area contributed by atoms with Crippen molar-refractivity contribution in [3.8, 4) is 0 Å². The molecule has 1 heterocycles. The molecule has 0 saturated heterocycles. The van der Waals surface area contributed by atoms with Crippen LogP contribution in [0.5, 0.6) is 0 Å². The molecule has 2 aromatic rings. The van der Waals surface area contributed by atoms with Gasteiger partial charge in [-0.05, 0) is 43.1 Å². The predicted octanol–water partition coefficient (Wildman–Crippen LogP) is 3.48. The van der Waals surface area contributed by atoms with E-state index in [2.05, 4.69) is 17.2 Å². The van der Waals surface area contributed by atoms with E-state index >= 15 is 0 Å². The normalized spacial score (nSPS) is 12.6. The number of likely N-dealkylation sites (N-methyl/N-ethyl adjacent to an activating group) is 1. The van der Waals surface area contributed by atoms with Crippen molar-refractivity contribution < 1.29 is 4.39 Å². The Kier molecular flexibility index (Phi) is 4.44. The van der Waals surface area contributed by atoms with Crippen molar-refractivity contribution in [2.75, 3.05) is 6.54 Å². The Morgan fingerprint density at radius 3 is 2.89 bits per heavy atom. The van der Waals surface area contributed by atoms with Crippen molar-refractivity contribution in [1.29, 1.82) is 0 Å². The number of nitrogens with one attached hydrogen (secondary N) is 1. The highest BCUT2D eigenvalue weighted by atomic mass is 32.1. The standard InChI is InChI=1S/C14H17FN2S/c1-3-17-13(14-8-16-9-18-14)7-11-4-5-12(15)6-10(11)2/h4-6,8-9,13,17H,3,7H2,1-2H3. The van der Waals surface area contributed by atoms with Crippen LogP contribution in [0.1, 0.15) is 29.0 Å². The molecule has 1 unspecified atom stereocenters. The maximum Gasteiger partial charge on any atom is 0.123 e. The van der Waals surface area contributed by atoms with Gasteiger partial charge in [0.25, 0.3) is 0 Å². The van der Waals surface area contributed by atoms with Crippen LogP contribution < -0.4 is 5.32 Å². The number of nitrogens with zero attached hydrogens (tertiary/aromatic N) is 1. The van der Waals surface area contributed by atoms with Gasteiger partial charge in [-0.3, -0.25) is 4.98 Å². The summed E-state index contributed by atoms with van der Waals surface area (Å²) in [5.41, 5.74) is 4.02. The number of rotatable bonds is 5. The minimum atomic E-state index is -0.172. The Bertz CT molecular complexity index is 497. The molecule has 4 heteroatoms. The molecule has 0 aliphatic heterocycles. The fraction of sp³-hybridized carbons (Fsp3) is 0.357. The molecule has 0 bridgehead atoms. The molecule has 2 rings (SSSR count). The highest BCUT2D eigenvalue weighted by molar-refractivity contribution is 7.09. The third-order valence-corrected chi connectivity index (χ3v) is 3.86. The fourth-order valence-corrected chi connectivity index (χ4v) is 2.72. The topological polar surface area (TPSA) is 24.9 Å². The van der Waals surface area contributed by atoms with Crippen LogP contribution in [0.15, 0.2) is 29.9 Å². The maximum atomic E-state index is 13.1. The number of aryl methyl sites for hydroxylation is 1. The van der Waals surface area contributed by atoms with Crippen molar-refractivity contribution in [3.05, 3.63) is 51.7 Å². The minimum Gasteiger partial charge on any atom is -0.309 e. The fourth-order valence-electron chi connectivity index (χ4n) is 2.03. The number of benzene rings is 1. The number of hydrogen-bond acceptors (Lipinski definition) is 3. The van der Waals surface area contributed by atoms with E-state index < -0.39 is 0 Å². The molecular weight excluding hydrogens is 247 g/mol. The van der Waals surface area contributed by atoms with Crippen LogP contribution in [0.2, 0.25) is 0 Å². The Morgan fingerprint density at radius 1 is 1.44 bits per heavy atom. The van der Waals surface area contributed by atoms with Gasteiger partial charge in [-0.15, -0.1) is 11.3 Å². The van der Waals surface area contributed by atoms with Crippen molar-refractivity contribution >= 4 is 11.3 Å². The van der Waals surface area contributed by atoms with Crippen molar-refractivity contribution in [1.82, 2.24) is 10.3 Å². The third-order valence-electron chi connectivity index (χ3n) is 2.97. The summed E-state index contributed by atoms with van der Waals surface area (Å²) in [5, 5.41) is 3.45. The summed E-state index contributed by atoms with van der Waals surface area (Å²) in [4.78, 5) is 5.34. The summed E-state index contributed by atoms with van der Waals surface area (Å²) in [6.45, 7) is 4.95. The van der Waals surface area contributed by atoms with Crippen molar-refractivity contribution in [2.24, 2.45) is 0 Å². The van der Waals surface area contributed by atoms with Gasteiger partial charge in [-0.2, -0.15) is 0 Å². The lowest BCUT2D eigenvalue weighted by molar-refractivity contribution is 0.554. The summed E-state index contributed by atoms with van der Waals surface area (Å²) in [5.74, 6) is -0.172. The van der Waals surface area contributed by atoms with Crippen LogP contribution in [0.4, 0.5) is 4.39 Å². The van der Waals surface area contributed by atoms with E-state index in [-0.39, 0.29) is 11.9 Å². The van der Waals surface area contributed by atoms with Crippen LogP contribution in [0, 0.1) is 12.7 Å². The lowest BCUT2D eigenvalue weighted by atomic mass is 10.0. The van der Waals surface area contributed by atoms with E-state index in [1.54, 1.807) is 17.4 Å². The average molecular weight is 264 g/mol. The second-order valence-corrected chi connectivity index (χ2v) is 5.21. The third kappa shape index (κ3) is 3.15. The summed E-state index contributed by atoms with van der Waals surface area (Å²) >= 11 is 1.65. The van der Waals surface area contributed by atoms with Gasteiger partial charge in [0.15, 0.2) is 0 Å².